The summed E-state index contributed by atoms with van der Waals surface area (Å²) in [6, 6.07) is 4.01. The Balaban J connectivity index is 1.74. The molecule has 1 aromatic heterocycles. The third-order valence-corrected chi connectivity index (χ3v) is 6.44. The van der Waals surface area contributed by atoms with Gasteiger partial charge in [0, 0.05) is 44.9 Å². The molecule has 2 aliphatic rings. The normalized spacial score (nSPS) is 19.5. The fourth-order valence-corrected chi connectivity index (χ4v) is 4.48. The van der Waals surface area contributed by atoms with E-state index in [9.17, 15) is 9.59 Å². The number of amides is 2. The Bertz CT molecular complexity index is 963. The van der Waals surface area contributed by atoms with Crippen molar-refractivity contribution in [1.82, 2.24) is 19.4 Å². The minimum absolute atomic E-state index is 0.00431. The van der Waals surface area contributed by atoms with E-state index < -0.39 is 0 Å². The molecule has 2 amide bonds. The molecule has 4 rings (SSSR count). The van der Waals surface area contributed by atoms with Gasteiger partial charge >= 0.3 is 0 Å². The zero-order valence-electron chi connectivity index (χ0n) is 18.3. The van der Waals surface area contributed by atoms with Gasteiger partial charge in [-0.2, -0.15) is 0 Å². The van der Waals surface area contributed by atoms with Crippen LogP contribution in [-0.2, 0) is 16.6 Å². The molecule has 8 nitrogen and oxygen atoms in total. The summed E-state index contributed by atoms with van der Waals surface area (Å²) in [5, 5.41) is 2.84. The molecule has 162 valence electrons. The molecule has 2 aromatic rings. The van der Waals surface area contributed by atoms with Crippen LogP contribution in [0.25, 0.3) is 11.0 Å². The number of likely N-dealkylation sites (N-methyl/N-ethyl adjacent to an activating group) is 1. The molecule has 1 N–H and O–H groups in total. The topological polar surface area (TPSA) is 79.7 Å². The zero-order valence-corrected chi connectivity index (χ0v) is 18.3. The molecular weight excluding hydrogens is 382 g/mol. The predicted octanol–water partition coefficient (Wildman–Crippen LogP) is 2.20. The fourth-order valence-electron chi connectivity index (χ4n) is 4.48. The highest BCUT2D eigenvalue weighted by atomic mass is 16.5. The van der Waals surface area contributed by atoms with Gasteiger partial charge in [0.05, 0.1) is 16.6 Å². The molecule has 1 saturated carbocycles. The number of aromatic nitrogens is 2. The lowest BCUT2D eigenvalue weighted by Gasteiger charge is -2.25. The van der Waals surface area contributed by atoms with Crippen LogP contribution in [0.15, 0.2) is 12.1 Å². The Labute approximate surface area is 177 Å². The van der Waals surface area contributed by atoms with Crippen LogP contribution < -0.4 is 5.32 Å². The van der Waals surface area contributed by atoms with Crippen molar-refractivity contribution in [3.63, 3.8) is 0 Å². The number of benzene rings is 1. The first-order chi connectivity index (χ1) is 14.4. The van der Waals surface area contributed by atoms with E-state index in [1.165, 1.54) is 13.5 Å². The largest absolute Gasteiger partial charge is 0.375 e. The van der Waals surface area contributed by atoms with E-state index in [4.69, 9.17) is 9.72 Å². The molecule has 0 unspecified atom stereocenters. The molecule has 0 spiro atoms. The number of ether oxygens (including phenoxy) is 1. The van der Waals surface area contributed by atoms with Gasteiger partial charge in [-0.1, -0.05) is 6.42 Å². The number of methoxy groups -OCH3 is 1. The summed E-state index contributed by atoms with van der Waals surface area (Å²) < 4.78 is 7.00. The Kier molecular flexibility index (Phi) is 5.79. The Morgan fingerprint density at radius 3 is 2.63 bits per heavy atom. The quantitative estimate of drug-likeness (QED) is 0.785. The molecule has 0 bridgehead atoms. The van der Waals surface area contributed by atoms with Crippen molar-refractivity contribution < 1.29 is 14.3 Å². The number of aryl methyl sites for hydroxylation is 1. The lowest BCUT2D eigenvalue weighted by atomic mass is 9.85. The molecule has 1 aromatic carbocycles. The fraction of sp³-hybridized carbons (Fsp3) is 0.591. The number of hydrogen-bond donors (Lipinski definition) is 1. The first kappa shape index (κ1) is 20.8. The number of nitrogens with one attached hydrogen (secondary N) is 1. The van der Waals surface area contributed by atoms with Crippen molar-refractivity contribution in [2.75, 3.05) is 46.2 Å². The third-order valence-electron chi connectivity index (χ3n) is 6.44. The average molecular weight is 414 g/mol. The van der Waals surface area contributed by atoms with E-state index >= 15 is 0 Å². The summed E-state index contributed by atoms with van der Waals surface area (Å²) in [5.41, 5.74) is 2.77. The van der Waals surface area contributed by atoms with Crippen molar-refractivity contribution in [1.29, 1.82) is 0 Å². The average Bonchev–Trinajstić information content (AvgIpc) is 3.26. The second-order valence-electron chi connectivity index (χ2n) is 8.69. The molecule has 2 fully saturated rings. The molecular formula is C22H31N5O3. The van der Waals surface area contributed by atoms with E-state index in [2.05, 4.69) is 28.9 Å². The van der Waals surface area contributed by atoms with Gasteiger partial charge in [0.15, 0.2) is 0 Å². The van der Waals surface area contributed by atoms with E-state index in [0.29, 0.717) is 29.8 Å². The molecule has 1 atom stereocenters. The van der Waals surface area contributed by atoms with Gasteiger partial charge in [-0.3, -0.25) is 9.59 Å². The lowest BCUT2D eigenvalue weighted by molar-refractivity contribution is -0.119. The van der Waals surface area contributed by atoms with Gasteiger partial charge < -0.3 is 24.4 Å². The molecule has 2 heterocycles. The third kappa shape index (κ3) is 3.81. The SMILES string of the molecule is COCC(=O)Nc1cc(C(=O)N2CC[C@@H](N(C)C)C2)c2c(c1)nc(C1CCC1)n2C. The first-order valence-electron chi connectivity index (χ1n) is 10.6. The maximum Gasteiger partial charge on any atom is 0.256 e. The van der Waals surface area contributed by atoms with Crippen LogP contribution in [0.5, 0.6) is 0 Å². The van der Waals surface area contributed by atoms with Gasteiger partial charge in [-0.25, -0.2) is 4.98 Å². The number of fused-ring (bicyclic) bond motifs is 1. The number of likely N-dealkylation sites (tertiary alicyclic amines) is 1. The number of carbonyl (C=O) groups excluding carboxylic acids is 2. The van der Waals surface area contributed by atoms with Gasteiger partial charge in [-0.05, 0) is 45.5 Å². The smallest absolute Gasteiger partial charge is 0.256 e. The Morgan fingerprint density at radius 1 is 1.27 bits per heavy atom. The summed E-state index contributed by atoms with van der Waals surface area (Å²) in [6.07, 6.45) is 4.45. The maximum atomic E-state index is 13.5. The second-order valence-corrected chi connectivity index (χ2v) is 8.69. The van der Waals surface area contributed by atoms with Crippen LogP contribution in [0.2, 0.25) is 0 Å². The minimum Gasteiger partial charge on any atom is -0.375 e. The minimum atomic E-state index is -0.251. The summed E-state index contributed by atoms with van der Waals surface area (Å²) in [7, 11) is 7.58. The van der Waals surface area contributed by atoms with Crippen LogP contribution in [0.1, 0.15) is 47.8 Å². The highest BCUT2D eigenvalue weighted by molar-refractivity contribution is 6.08. The zero-order chi connectivity index (χ0) is 21.4. The van der Waals surface area contributed by atoms with Crippen LogP contribution in [0.4, 0.5) is 5.69 Å². The highest BCUT2D eigenvalue weighted by Gasteiger charge is 2.31. The van der Waals surface area contributed by atoms with Crippen molar-refractivity contribution in [3.8, 4) is 0 Å². The van der Waals surface area contributed by atoms with E-state index in [-0.39, 0.29) is 18.4 Å². The maximum absolute atomic E-state index is 13.5. The van der Waals surface area contributed by atoms with Crippen LogP contribution >= 0.6 is 0 Å². The number of carbonyl (C=O) groups is 2. The number of hydrogen-bond acceptors (Lipinski definition) is 5. The number of imidazole rings is 1. The first-order valence-corrected chi connectivity index (χ1v) is 10.6. The Hall–Kier alpha value is -2.45. The van der Waals surface area contributed by atoms with Crippen LogP contribution in [0.3, 0.4) is 0 Å². The van der Waals surface area contributed by atoms with Crippen LogP contribution in [-0.4, -0.2) is 78.1 Å². The molecule has 1 aliphatic carbocycles. The molecule has 1 aliphatic heterocycles. The van der Waals surface area contributed by atoms with E-state index in [0.717, 1.165) is 42.7 Å². The van der Waals surface area contributed by atoms with Gasteiger partial charge in [0.1, 0.15) is 12.4 Å². The molecule has 1 saturated heterocycles. The van der Waals surface area contributed by atoms with Crippen molar-refractivity contribution in [3.05, 3.63) is 23.5 Å². The van der Waals surface area contributed by atoms with E-state index in [1.54, 1.807) is 6.07 Å². The lowest BCUT2D eigenvalue weighted by Crippen LogP contribution is -2.34. The standard InChI is InChI=1S/C22H31N5O3/c1-25(2)16-8-9-27(12-16)22(29)17-10-15(23-19(28)13-30-4)11-18-20(17)26(3)21(24-18)14-6-5-7-14/h10-11,14,16H,5-9,12-13H2,1-4H3,(H,23,28)/t16-/m1/s1. The van der Waals surface area contributed by atoms with Gasteiger partial charge in [0.2, 0.25) is 5.91 Å². The summed E-state index contributed by atoms with van der Waals surface area (Å²) >= 11 is 0. The Morgan fingerprint density at radius 2 is 2.03 bits per heavy atom. The van der Waals surface area contributed by atoms with E-state index in [1.807, 2.05) is 18.0 Å². The number of rotatable bonds is 6. The van der Waals surface area contributed by atoms with Gasteiger partial charge in [-0.15, -0.1) is 0 Å². The van der Waals surface area contributed by atoms with Crippen LogP contribution in [0, 0.1) is 0 Å². The van der Waals surface area contributed by atoms with Crippen molar-refractivity contribution >= 4 is 28.5 Å². The van der Waals surface area contributed by atoms with Gasteiger partial charge in [0.25, 0.3) is 5.91 Å². The van der Waals surface area contributed by atoms with Crippen molar-refractivity contribution in [2.45, 2.75) is 37.6 Å². The monoisotopic (exact) mass is 413 g/mol. The van der Waals surface area contributed by atoms with Crippen molar-refractivity contribution in [2.24, 2.45) is 7.05 Å². The number of nitrogens with zero attached hydrogens (tertiary/aromatic N) is 4. The predicted molar refractivity (Wildman–Crippen MR) is 116 cm³/mol. The molecule has 8 heteroatoms. The summed E-state index contributed by atoms with van der Waals surface area (Å²) in [6.45, 7) is 1.41. The highest BCUT2D eigenvalue weighted by Crippen LogP contribution is 2.38. The molecule has 30 heavy (non-hydrogen) atoms. The summed E-state index contributed by atoms with van der Waals surface area (Å²) in [4.78, 5) is 34.6. The number of anilines is 1. The second kappa shape index (κ2) is 8.35. The summed E-state index contributed by atoms with van der Waals surface area (Å²) in [5.74, 6) is 1.22. The molecule has 0 radical (unpaired) electrons.